The largest absolute Gasteiger partial charge is 0.351 e. The van der Waals surface area contributed by atoms with E-state index in [1.54, 1.807) is 6.33 Å². The van der Waals surface area contributed by atoms with E-state index >= 15 is 0 Å². The molecule has 0 spiro atoms. The number of hydrogen-bond acceptors (Lipinski definition) is 4. The highest BCUT2D eigenvalue weighted by Crippen LogP contribution is 2.37. The first-order valence-corrected chi connectivity index (χ1v) is 7.34. The zero-order valence-corrected chi connectivity index (χ0v) is 12.0. The van der Waals surface area contributed by atoms with Crippen molar-refractivity contribution in [2.24, 2.45) is 0 Å². The molecule has 1 saturated carbocycles. The lowest BCUT2D eigenvalue weighted by molar-refractivity contribution is -0.120. The van der Waals surface area contributed by atoms with Crippen molar-refractivity contribution in [3.8, 4) is 0 Å². The third kappa shape index (κ3) is 3.48. The molecule has 100 valence electrons. The Balaban J connectivity index is 1.84. The number of amides is 1. The Morgan fingerprint density at radius 2 is 2.33 bits per heavy atom. The lowest BCUT2D eigenvalue weighted by Gasteiger charge is -2.24. The van der Waals surface area contributed by atoms with E-state index in [1.807, 2.05) is 13.8 Å². The summed E-state index contributed by atoms with van der Waals surface area (Å²) in [5.41, 5.74) is -0.137. The van der Waals surface area contributed by atoms with Crippen LogP contribution < -0.4 is 5.32 Å². The van der Waals surface area contributed by atoms with Gasteiger partial charge in [0.05, 0.1) is 5.75 Å². The van der Waals surface area contributed by atoms with Crippen LogP contribution in [0.4, 0.5) is 0 Å². The monoisotopic (exact) mass is 268 g/mol. The fourth-order valence-electron chi connectivity index (χ4n) is 1.57. The minimum Gasteiger partial charge on any atom is -0.351 e. The number of nitrogens with zero attached hydrogens (tertiary/aromatic N) is 3. The van der Waals surface area contributed by atoms with Gasteiger partial charge in [0, 0.05) is 11.6 Å². The van der Waals surface area contributed by atoms with Crippen LogP contribution in [0.15, 0.2) is 11.5 Å². The van der Waals surface area contributed by atoms with Crippen LogP contribution in [0.2, 0.25) is 0 Å². The van der Waals surface area contributed by atoms with Gasteiger partial charge in [-0.05, 0) is 33.1 Å². The second-order valence-corrected chi connectivity index (χ2v) is 6.27. The van der Waals surface area contributed by atoms with Crippen molar-refractivity contribution < 1.29 is 4.79 Å². The molecule has 0 aliphatic heterocycles. The third-order valence-corrected chi connectivity index (χ3v) is 4.13. The van der Waals surface area contributed by atoms with Gasteiger partial charge in [-0.15, -0.1) is 10.2 Å². The molecule has 1 aromatic rings. The highest BCUT2D eigenvalue weighted by Gasteiger charge is 2.26. The lowest BCUT2D eigenvalue weighted by atomic mass is 10.0. The molecule has 1 N–H and O–H groups in total. The molecule has 1 amide bonds. The van der Waals surface area contributed by atoms with Crippen LogP contribution >= 0.6 is 11.8 Å². The molecule has 0 radical (unpaired) electrons. The zero-order chi connectivity index (χ0) is 13.2. The quantitative estimate of drug-likeness (QED) is 0.802. The summed E-state index contributed by atoms with van der Waals surface area (Å²) in [6, 6.07) is 0.553. The van der Waals surface area contributed by atoms with Crippen LogP contribution in [0.25, 0.3) is 0 Å². The van der Waals surface area contributed by atoms with Crippen LogP contribution in [0, 0.1) is 0 Å². The summed E-state index contributed by atoms with van der Waals surface area (Å²) in [6.07, 6.45) is 5.07. The predicted molar refractivity (Wildman–Crippen MR) is 71.5 cm³/mol. The van der Waals surface area contributed by atoms with Gasteiger partial charge < -0.3 is 9.88 Å². The summed E-state index contributed by atoms with van der Waals surface area (Å²) in [4.78, 5) is 11.8. The molecule has 1 fully saturated rings. The van der Waals surface area contributed by atoms with Crippen LogP contribution in [0.3, 0.4) is 0 Å². The molecule has 0 saturated heterocycles. The van der Waals surface area contributed by atoms with Gasteiger partial charge in [-0.25, -0.2) is 0 Å². The molecule has 18 heavy (non-hydrogen) atoms. The highest BCUT2D eigenvalue weighted by atomic mass is 32.2. The Labute approximate surface area is 112 Å². The molecular formula is C12H20N4OS. The van der Waals surface area contributed by atoms with Gasteiger partial charge in [0.25, 0.3) is 0 Å². The van der Waals surface area contributed by atoms with Gasteiger partial charge in [0.1, 0.15) is 6.33 Å². The Morgan fingerprint density at radius 3 is 2.94 bits per heavy atom. The first-order chi connectivity index (χ1) is 8.52. The van der Waals surface area contributed by atoms with Crippen molar-refractivity contribution in [3.05, 3.63) is 6.33 Å². The molecule has 0 unspecified atom stereocenters. The maximum absolute atomic E-state index is 11.8. The van der Waals surface area contributed by atoms with Crippen LogP contribution in [-0.2, 0) is 4.79 Å². The Bertz CT molecular complexity index is 425. The molecule has 1 aliphatic rings. The van der Waals surface area contributed by atoms with Crippen molar-refractivity contribution in [3.63, 3.8) is 0 Å². The summed E-state index contributed by atoms with van der Waals surface area (Å²) < 4.78 is 2.07. The van der Waals surface area contributed by atoms with Crippen molar-refractivity contribution in [1.82, 2.24) is 20.1 Å². The minimum atomic E-state index is -0.137. The number of carbonyl (C=O) groups is 1. The number of thioether (sulfide) groups is 1. The molecule has 0 aromatic carbocycles. The fourth-order valence-corrected chi connectivity index (χ4v) is 2.35. The van der Waals surface area contributed by atoms with Crippen molar-refractivity contribution >= 4 is 17.7 Å². The summed E-state index contributed by atoms with van der Waals surface area (Å²) in [5.74, 6) is 0.451. The fraction of sp³-hybridized carbons (Fsp3) is 0.750. The second kappa shape index (κ2) is 5.30. The van der Waals surface area contributed by atoms with Gasteiger partial charge in [-0.2, -0.15) is 0 Å². The Morgan fingerprint density at radius 1 is 1.61 bits per heavy atom. The zero-order valence-electron chi connectivity index (χ0n) is 11.1. The number of rotatable bonds is 6. The maximum atomic E-state index is 11.8. The molecule has 1 heterocycles. The number of hydrogen-bond donors (Lipinski definition) is 1. The second-order valence-electron chi connectivity index (χ2n) is 5.33. The number of nitrogens with one attached hydrogen (secondary N) is 1. The number of carbonyl (C=O) groups excluding carboxylic acids is 1. The van der Waals surface area contributed by atoms with Crippen LogP contribution in [0.5, 0.6) is 0 Å². The van der Waals surface area contributed by atoms with E-state index in [-0.39, 0.29) is 11.4 Å². The standard InChI is InChI=1S/C12H20N4OS/c1-4-12(2,3)14-10(17)7-18-11-15-13-8-16(11)9-5-6-9/h8-9H,4-7H2,1-3H3,(H,14,17). The highest BCUT2D eigenvalue weighted by molar-refractivity contribution is 7.99. The summed E-state index contributed by atoms with van der Waals surface area (Å²) in [6.45, 7) is 6.13. The third-order valence-electron chi connectivity index (χ3n) is 3.17. The number of aromatic nitrogens is 3. The predicted octanol–water partition coefficient (Wildman–Crippen LogP) is 2.01. The topological polar surface area (TPSA) is 59.8 Å². The first-order valence-electron chi connectivity index (χ1n) is 6.35. The van der Waals surface area contributed by atoms with Crippen molar-refractivity contribution in [2.45, 2.75) is 56.8 Å². The molecule has 6 heteroatoms. The molecule has 0 bridgehead atoms. The van der Waals surface area contributed by atoms with Crippen LogP contribution in [0.1, 0.15) is 46.1 Å². The van der Waals surface area contributed by atoms with Gasteiger partial charge in [0.15, 0.2) is 5.16 Å². The first kappa shape index (κ1) is 13.4. The van der Waals surface area contributed by atoms with Crippen molar-refractivity contribution in [2.75, 3.05) is 5.75 Å². The van der Waals surface area contributed by atoms with Crippen LogP contribution in [-0.4, -0.2) is 32.0 Å². The minimum absolute atomic E-state index is 0.0530. The molecule has 1 aliphatic carbocycles. The summed E-state index contributed by atoms with van der Waals surface area (Å²) in [7, 11) is 0. The molecule has 2 rings (SSSR count). The van der Waals surface area contributed by atoms with E-state index in [0.29, 0.717) is 11.8 Å². The Kier molecular flexibility index (Phi) is 3.94. The van der Waals surface area contributed by atoms with E-state index in [4.69, 9.17) is 0 Å². The van der Waals surface area contributed by atoms with Gasteiger partial charge in [-0.3, -0.25) is 4.79 Å². The van der Waals surface area contributed by atoms with E-state index in [2.05, 4.69) is 27.0 Å². The van der Waals surface area contributed by atoms with E-state index in [0.717, 1.165) is 11.6 Å². The van der Waals surface area contributed by atoms with E-state index < -0.39 is 0 Å². The maximum Gasteiger partial charge on any atom is 0.230 e. The lowest BCUT2D eigenvalue weighted by Crippen LogP contribution is -2.43. The molecule has 1 aromatic heterocycles. The smallest absolute Gasteiger partial charge is 0.230 e. The SMILES string of the molecule is CCC(C)(C)NC(=O)CSc1nncn1C1CC1. The average Bonchev–Trinajstić information content (AvgIpc) is 3.05. The Hall–Kier alpha value is -1.04. The average molecular weight is 268 g/mol. The summed E-state index contributed by atoms with van der Waals surface area (Å²) >= 11 is 1.46. The van der Waals surface area contributed by atoms with Crippen molar-refractivity contribution in [1.29, 1.82) is 0 Å². The molecule has 5 nitrogen and oxygen atoms in total. The van der Waals surface area contributed by atoms with E-state index in [9.17, 15) is 4.79 Å². The molecular weight excluding hydrogens is 248 g/mol. The van der Waals surface area contributed by atoms with Gasteiger partial charge in [0.2, 0.25) is 5.91 Å². The van der Waals surface area contributed by atoms with Gasteiger partial charge >= 0.3 is 0 Å². The van der Waals surface area contributed by atoms with Gasteiger partial charge in [-0.1, -0.05) is 18.7 Å². The normalized spacial score (nSPS) is 15.7. The van der Waals surface area contributed by atoms with E-state index in [1.165, 1.54) is 24.6 Å². The molecule has 0 atom stereocenters. The summed E-state index contributed by atoms with van der Waals surface area (Å²) in [5, 5.41) is 11.8.